The Morgan fingerprint density at radius 2 is 1.92 bits per heavy atom. The highest BCUT2D eigenvalue weighted by atomic mass is 16.2. The van der Waals surface area contributed by atoms with Crippen molar-refractivity contribution in [1.82, 2.24) is 19.9 Å². The molecule has 1 spiro atoms. The molecule has 6 heteroatoms. The zero-order valence-electron chi connectivity index (χ0n) is 13.6. The van der Waals surface area contributed by atoms with Gasteiger partial charge < -0.3 is 9.80 Å². The first-order valence-corrected chi connectivity index (χ1v) is 8.47. The SMILES string of the molecule is O=C(c1cccnc1)N1CC[C@@]2(CCCN(c3ncccn3)C2)C1. The average Bonchev–Trinajstić information content (AvgIpc) is 3.06. The molecule has 2 fully saturated rings. The molecule has 0 bridgehead atoms. The monoisotopic (exact) mass is 323 g/mol. The van der Waals surface area contributed by atoms with Crippen LogP contribution in [0.5, 0.6) is 0 Å². The van der Waals surface area contributed by atoms with Gasteiger partial charge in [-0.3, -0.25) is 9.78 Å². The van der Waals surface area contributed by atoms with Crippen molar-refractivity contribution in [2.75, 3.05) is 31.1 Å². The van der Waals surface area contributed by atoms with Gasteiger partial charge in [0.25, 0.3) is 5.91 Å². The van der Waals surface area contributed by atoms with Gasteiger partial charge in [0.2, 0.25) is 5.95 Å². The maximum Gasteiger partial charge on any atom is 0.255 e. The van der Waals surface area contributed by atoms with Crippen LogP contribution in [0.25, 0.3) is 0 Å². The van der Waals surface area contributed by atoms with E-state index in [0.717, 1.165) is 51.4 Å². The summed E-state index contributed by atoms with van der Waals surface area (Å²) < 4.78 is 0. The summed E-state index contributed by atoms with van der Waals surface area (Å²) in [5.41, 5.74) is 0.837. The number of piperidine rings is 1. The summed E-state index contributed by atoms with van der Waals surface area (Å²) in [5.74, 6) is 0.890. The third-order valence-corrected chi connectivity index (χ3v) is 5.13. The topological polar surface area (TPSA) is 62.2 Å². The average molecular weight is 323 g/mol. The van der Waals surface area contributed by atoms with Crippen molar-refractivity contribution in [3.63, 3.8) is 0 Å². The van der Waals surface area contributed by atoms with Crippen LogP contribution in [0.1, 0.15) is 29.6 Å². The molecule has 0 aromatic carbocycles. The van der Waals surface area contributed by atoms with Crippen molar-refractivity contribution in [1.29, 1.82) is 0 Å². The van der Waals surface area contributed by atoms with E-state index in [9.17, 15) is 4.79 Å². The molecule has 24 heavy (non-hydrogen) atoms. The van der Waals surface area contributed by atoms with Gasteiger partial charge in [-0.15, -0.1) is 0 Å². The van der Waals surface area contributed by atoms with E-state index in [2.05, 4.69) is 19.9 Å². The minimum atomic E-state index is 0.0908. The van der Waals surface area contributed by atoms with Gasteiger partial charge in [-0.1, -0.05) is 0 Å². The minimum absolute atomic E-state index is 0.0908. The van der Waals surface area contributed by atoms with Crippen LogP contribution < -0.4 is 4.90 Å². The number of aromatic nitrogens is 3. The Balaban J connectivity index is 1.48. The van der Waals surface area contributed by atoms with Gasteiger partial charge in [0.05, 0.1) is 5.56 Å². The van der Waals surface area contributed by atoms with Crippen LogP contribution in [-0.4, -0.2) is 51.9 Å². The molecular formula is C18H21N5O. The lowest BCUT2D eigenvalue weighted by atomic mass is 9.79. The molecule has 0 unspecified atom stereocenters. The molecule has 0 saturated carbocycles. The second-order valence-electron chi connectivity index (χ2n) is 6.79. The number of hydrogen-bond donors (Lipinski definition) is 0. The molecule has 0 N–H and O–H groups in total. The number of carbonyl (C=O) groups is 1. The van der Waals surface area contributed by atoms with Gasteiger partial charge in [0.1, 0.15) is 0 Å². The van der Waals surface area contributed by atoms with Crippen molar-refractivity contribution in [3.05, 3.63) is 48.5 Å². The van der Waals surface area contributed by atoms with E-state index < -0.39 is 0 Å². The van der Waals surface area contributed by atoms with Gasteiger partial charge >= 0.3 is 0 Å². The second kappa shape index (κ2) is 6.19. The predicted molar refractivity (Wildman–Crippen MR) is 90.7 cm³/mol. The van der Waals surface area contributed by atoms with Gasteiger partial charge in [-0.2, -0.15) is 0 Å². The largest absolute Gasteiger partial charge is 0.340 e. The first-order chi connectivity index (χ1) is 11.8. The maximum atomic E-state index is 12.7. The predicted octanol–water partition coefficient (Wildman–Crippen LogP) is 2.00. The number of carbonyl (C=O) groups excluding carboxylic acids is 1. The summed E-state index contributed by atoms with van der Waals surface area (Å²) in [6, 6.07) is 5.49. The summed E-state index contributed by atoms with van der Waals surface area (Å²) in [6.07, 6.45) is 10.2. The lowest BCUT2D eigenvalue weighted by Crippen LogP contribution is -2.46. The van der Waals surface area contributed by atoms with E-state index in [1.807, 2.05) is 23.1 Å². The molecule has 0 radical (unpaired) electrons. The zero-order chi connectivity index (χ0) is 16.4. The molecule has 1 amide bonds. The van der Waals surface area contributed by atoms with Gasteiger partial charge in [-0.05, 0) is 37.5 Å². The van der Waals surface area contributed by atoms with Crippen molar-refractivity contribution in [2.45, 2.75) is 19.3 Å². The maximum absolute atomic E-state index is 12.7. The molecule has 0 aliphatic carbocycles. The van der Waals surface area contributed by atoms with Crippen molar-refractivity contribution in [2.24, 2.45) is 5.41 Å². The van der Waals surface area contributed by atoms with E-state index in [4.69, 9.17) is 0 Å². The highest BCUT2D eigenvalue weighted by Gasteiger charge is 2.43. The molecule has 2 aliphatic heterocycles. The normalized spacial score (nSPS) is 23.7. The van der Waals surface area contributed by atoms with E-state index in [1.165, 1.54) is 0 Å². The summed E-state index contributed by atoms with van der Waals surface area (Å²) in [4.78, 5) is 29.7. The van der Waals surface area contributed by atoms with Crippen molar-refractivity contribution in [3.8, 4) is 0 Å². The number of anilines is 1. The fourth-order valence-corrected chi connectivity index (χ4v) is 3.95. The summed E-state index contributed by atoms with van der Waals surface area (Å²) in [5, 5.41) is 0. The Kier molecular flexibility index (Phi) is 3.88. The number of rotatable bonds is 2. The number of amides is 1. The Labute approximate surface area is 141 Å². The molecule has 6 nitrogen and oxygen atoms in total. The van der Waals surface area contributed by atoms with Crippen LogP contribution >= 0.6 is 0 Å². The molecule has 2 aliphatic rings. The molecule has 4 rings (SSSR count). The van der Waals surface area contributed by atoms with Gasteiger partial charge in [0, 0.05) is 56.4 Å². The molecular weight excluding hydrogens is 302 g/mol. The Bertz CT molecular complexity index is 708. The number of hydrogen-bond acceptors (Lipinski definition) is 5. The van der Waals surface area contributed by atoms with Crippen LogP contribution in [0.15, 0.2) is 43.0 Å². The van der Waals surface area contributed by atoms with Crippen LogP contribution in [0.2, 0.25) is 0 Å². The Hall–Kier alpha value is -2.50. The van der Waals surface area contributed by atoms with Gasteiger partial charge in [0.15, 0.2) is 0 Å². The van der Waals surface area contributed by atoms with Crippen LogP contribution in [0, 0.1) is 5.41 Å². The molecule has 4 heterocycles. The van der Waals surface area contributed by atoms with E-state index in [1.54, 1.807) is 24.8 Å². The highest BCUT2D eigenvalue weighted by Crippen LogP contribution is 2.40. The Morgan fingerprint density at radius 1 is 1.04 bits per heavy atom. The highest BCUT2D eigenvalue weighted by molar-refractivity contribution is 5.94. The number of likely N-dealkylation sites (tertiary alicyclic amines) is 1. The van der Waals surface area contributed by atoms with Crippen LogP contribution in [0.3, 0.4) is 0 Å². The number of pyridine rings is 1. The zero-order valence-corrected chi connectivity index (χ0v) is 13.6. The minimum Gasteiger partial charge on any atom is -0.340 e. The molecule has 124 valence electrons. The fraction of sp³-hybridized carbons (Fsp3) is 0.444. The van der Waals surface area contributed by atoms with Crippen LogP contribution in [0.4, 0.5) is 5.95 Å². The fourth-order valence-electron chi connectivity index (χ4n) is 3.95. The third-order valence-electron chi connectivity index (χ3n) is 5.13. The molecule has 1 atom stereocenters. The summed E-state index contributed by atoms with van der Waals surface area (Å²) >= 11 is 0. The molecule has 2 saturated heterocycles. The van der Waals surface area contributed by atoms with E-state index >= 15 is 0 Å². The first kappa shape index (κ1) is 15.1. The van der Waals surface area contributed by atoms with Crippen molar-refractivity contribution < 1.29 is 4.79 Å². The quantitative estimate of drug-likeness (QED) is 0.846. The molecule has 2 aromatic rings. The Morgan fingerprint density at radius 3 is 2.71 bits per heavy atom. The second-order valence-corrected chi connectivity index (χ2v) is 6.79. The summed E-state index contributed by atoms with van der Waals surface area (Å²) in [6.45, 7) is 3.54. The molecule has 2 aromatic heterocycles. The summed E-state index contributed by atoms with van der Waals surface area (Å²) in [7, 11) is 0. The lowest BCUT2D eigenvalue weighted by molar-refractivity contribution is 0.0767. The smallest absolute Gasteiger partial charge is 0.255 e. The van der Waals surface area contributed by atoms with E-state index in [-0.39, 0.29) is 11.3 Å². The van der Waals surface area contributed by atoms with Crippen LogP contribution in [-0.2, 0) is 0 Å². The first-order valence-electron chi connectivity index (χ1n) is 8.47. The van der Waals surface area contributed by atoms with Crippen molar-refractivity contribution >= 4 is 11.9 Å². The standard InChI is InChI=1S/C18H21N5O/c24-16(15-4-1-7-19-12-15)22-11-6-18(13-22)5-2-10-23(14-18)17-20-8-3-9-21-17/h1,3-4,7-9,12H,2,5-6,10-11,13-14H2/t18-/m0/s1. The van der Waals surface area contributed by atoms with Gasteiger partial charge in [-0.25, -0.2) is 9.97 Å². The van der Waals surface area contributed by atoms with E-state index in [0.29, 0.717) is 5.56 Å². The number of nitrogens with zero attached hydrogens (tertiary/aromatic N) is 5. The lowest BCUT2D eigenvalue weighted by Gasteiger charge is -2.40. The third kappa shape index (κ3) is 2.84.